The molecule has 3 rings (SSSR count). The van der Waals surface area contributed by atoms with Crippen molar-refractivity contribution in [3.63, 3.8) is 0 Å². The van der Waals surface area contributed by atoms with Gasteiger partial charge in [0, 0.05) is 18.6 Å². The quantitative estimate of drug-likeness (QED) is 0.590. The van der Waals surface area contributed by atoms with Gasteiger partial charge in [-0.05, 0) is 57.3 Å². The lowest BCUT2D eigenvalue weighted by molar-refractivity contribution is 0.150. The zero-order valence-electron chi connectivity index (χ0n) is 15.8. The number of sulfone groups is 1. The van der Waals surface area contributed by atoms with Crippen LogP contribution in [0.25, 0.3) is 0 Å². The van der Waals surface area contributed by atoms with Crippen LogP contribution in [0, 0.1) is 17.8 Å². The Kier molecular flexibility index (Phi) is 6.29. The summed E-state index contributed by atoms with van der Waals surface area (Å²) in [6.45, 7) is 4.85. The molecule has 0 bridgehead atoms. The summed E-state index contributed by atoms with van der Waals surface area (Å²) < 4.78 is 23.3. The fourth-order valence-corrected chi connectivity index (χ4v) is 6.69. The third kappa shape index (κ3) is 5.60. The highest BCUT2D eigenvalue weighted by Gasteiger charge is 2.32. The van der Waals surface area contributed by atoms with Gasteiger partial charge in [-0.2, -0.15) is 0 Å². The molecule has 144 valence electrons. The van der Waals surface area contributed by atoms with Gasteiger partial charge in [0.1, 0.15) is 0 Å². The average molecular weight is 370 g/mol. The van der Waals surface area contributed by atoms with Crippen LogP contribution in [0.5, 0.6) is 0 Å². The van der Waals surface area contributed by atoms with Gasteiger partial charge in [-0.3, -0.25) is 4.99 Å². The van der Waals surface area contributed by atoms with Gasteiger partial charge in [0.05, 0.1) is 11.5 Å². The fourth-order valence-electron chi connectivity index (χ4n) is 4.84. The first-order chi connectivity index (χ1) is 11.9. The summed E-state index contributed by atoms with van der Waals surface area (Å²) in [5.74, 6) is 3.54. The molecule has 2 N–H and O–H groups in total. The van der Waals surface area contributed by atoms with Crippen LogP contribution in [0.4, 0.5) is 0 Å². The van der Waals surface area contributed by atoms with Gasteiger partial charge in [0.15, 0.2) is 15.8 Å². The minimum atomic E-state index is -2.82. The van der Waals surface area contributed by atoms with E-state index in [1.807, 2.05) is 0 Å². The lowest BCUT2D eigenvalue weighted by Crippen LogP contribution is -2.48. The van der Waals surface area contributed by atoms with Crippen LogP contribution in [0.2, 0.25) is 0 Å². The molecule has 2 aliphatic carbocycles. The third-order valence-corrected chi connectivity index (χ3v) is 7.98. The summed E-state index contributed by atoms with van der Waals surface area (Å²) in [6, 6.07) is 0.834. The normalized spacial score (nSPS) is 35.4. The zero-order valence-corrected chi connectivity index (χ0v) is 16.7. The van der Waals surface area contributed by atoms with Crippen LogP contribution in [0.3, 0.4) is 0 Å². The standard InChI is InChI=1S/C19H35N3O2S/c1-14(2)21-19(20-12-15-9-10-25(23,24)13-15)22-18-8-7-16-5-3-4-6-17(16)11-18/h14-18H,3-13H2,1-2H3,(H2,20,21,22). The van der Waals surface area contributed by atoms with E-state index in [2.05, 4.69) is 24.5 Å². The van der Waals surface area contributed by atoms with Gasteiger partial charge in [-0.1, -0.05) is 25.7 Å². The Hall–Kier alpha value is -0.780. The van der Waals surface area contributed by atoms with Crippen molar-refractivity contribution in [1.82, 2.24) is 10.6 Å². The maximum absolute atomic E-state index is 11.6. The van der Waals surface area contributed by atoms with Crippen LogP contribution in [-0.4, -0.2) is 44.5 Å². The van der Waals surface area contributed by atoms with E-state index < -0.39 is 9.84 Å². The number of hydrogen-bond donors (Lipinski definition) is 2. The molecule has 2 saturated carbocycles. The SMILES string of the molecule is CC(C)NC(=NCC1CCS(=O)(=O)C1)NC1CCC2CCCCC2C1. The summed E-state index contributed by atoms with van der Waals surface area (Å²) in [7, 11) is -2.82. The Balaban J connectivity index is 1.56. The Bertz CT molecular complexity index is 573. The maximum atomic E-state index is 11.6. The number of rotatable bonds is 4. The van der Waals surface area contributed by atoms with Gasteiger partial charge in [-0.15, -0.1) is 0 Å². The van der Waals surface area contributed by atoms with Crippen molar-refractivity contribution in [2.45, 2.75) is 77.3 Å². The minimum Gasteiger partial charge on any atom is -0.354 e. The van der Waals surface area contributed by atoms with E-state index >= 15 is 0 Å². The Labute approximate surface area is 153 Å². The van der Waals surface area contributed by atoms with E-state index in [0.717, 1.165) is 24.2 Å². The molecule has 1 heterocycles. The summed E-state index contributed by atoms with van der Waals surface area (Å²) >= 11 is 0. The zero-order chi connectivity index (χ0) is 17.9. The van der Waals surface area contributed by atoms with E-state index in [4.69, 9.17) is 4.99 Å². The second kappa shape index (κ2) is 8.28. The summed E-state index contributed by atoms with van der Waals surface area (Å²) in [4.78, 5) is 4.74. The van der Waals surface area contributed by atoms with Gasteiger partial charge in [0.25, 0.3) is 0 Å². The van der Waals surface area contributed by atoms with E-state index in [9.17, 15) is 8.42 Å². The van der Waals surface area contributed by atoms with E-state index in [1.165, 1.54) is 44.9 Å². The molecule has 0 aromatic carbocycles. The van der Waals surface area contributed by atoms with Gasteiger partial charge in [0.2, 0.25) is 0 Å². The number of nitrogens with zero attached hydrogens (tertiary/aromatic N) is 1. The lowest BCUT2D eigenvalue weighted by Gasteiger charge is -2.40. The van der Waals surface area contributed by atoms with E-state index in [-0.39, 0.29) is 5.92 Å². The number of guanidine groups is 1. The molecule has 4 atom stereocenters. The van der Waals surface area contributed by atoms with Crippen molar-refractivity contribution >= 4 is 15.8 Å². The topological polar surface area (TPSA) is 70.6 Å². The van der Waals surface area contributed by atoms with Crippen molar-refractivity contribution in [1.29, 1.82) is 0 Å². The van der Waals surface area contributed by atoms with Gasteiger partial charge >= 0.3 is 0 Å². The molecule has 0 aromatic rings. The second-order valence-electron chi connectivity index (χ2n) is 8.72. The molecule has 3 fully saturated rings. The molecular formula is C19H35N3O2S. The molecule has 0 spiro atoms. The summed E-state index contributed by atoms with van der Waals surface area (Å²) in [5, 5.41) is 7.09. The first-order valence-corrected chi connectivity index (χ1v) is 12.0. The average Bonchev–Trinajstić information content (AvgIpc) is 2.91. The van der Waals surface area contributed by atoms with Crippen LogP contribution < -0.4 is 10.6 Å². The van der Waals surface area contributed by atoms with Crippen molar-refractivity contribution < 1.29 is 8.42 Å². The number of fused-ring (bicyclic) bond motifs is 1. The van der Waals surface area contributed by atoms with Crippen molar-refractivity contribution in [3.05, 3.63) is 0 Å². The molecule has 5 nitrogen and oxygen atoms in total. The first-order valence-electron chi connectivity index (χ1n) is 10.2. The second-order valence-corrected chi connectivity index (χ2v) is 10.9. The molecular weight excluding hydrogens is 334 g/mol. The number of hydrogen-bond acceptors (Lipinski definition) is 3. The molecule has 1 saturated heterocycles. The van der Waals surface area contributed by atoms with Crippen LogP contribution in [0.15, 0.2) is 4.99 Å². The van der Waals surface area contributed by atoms with Crippen molar-refractivity contribution in [2.24, 2.45) is 22.7 Å². The van der Waals surface area contributed by atoms with Crippen LogP contribution in [0.1, 0.15) is 65.2 Å². The minimum absolute atomic E-state index is 0.185. The first kappa shape index (κ1) is 19.0. The maximum Gasteiger partial charge on any atom is 0.191 e. The predicted octanol–water partition coefficient (Wildman–Crippen LogP) is 2.72. The number of nitrogens with one attached hydrogen (secondary N) is 2. The van der Waals surface area contributed by atoms with E-state index in [0.29, 0.717) is 30.1 Å². The molecule has 0 aromatic heterocycles. The Morgan fingerprint density at radius 2 is 1.84 bits per heavy atom. The summed E-state index contributed by atoms with van der Waals surface area (Å²) in [6.07, 6.45) is 10.2. The molecule has 4 unspecified atom stereocenters. The van der Waals surface area contributed by atoms with Gasteiger partial charge in [-0.25, -0.2) is 8.42 Å². The lowest BCUT2D eigenvalue weighted by atomic mass is 9.69. The highest BCUT2D eigenvalue weighted by molar-refractivity contribution is 7.91. The molecule has 3 aliphatic rings. The van der Waals surface area contributed by atoms with Crippen molar-refractivity contribution in [3.8, 4) is 0 Å². The third-order valence-electron chi connectivity index (χ3n) is 6.14. The largest absolute Gasteiger partial charge is 0.354 e. The Morgan fingerprint density at radius 1 is 1.08 bits per heavy atom. The number of aliphatic imine (C=N–C) groups is 1. The van der Waals surface area contributed by atoms with Gasteiger partial charge < -0.3 is 10.6 Å². The van der Waals surface area contributed by atoms with Crippen LogP contribution in [-0.2, 0) is 9.84 Å². The van der Waals surface area contributed by atoms with E-state index in [1.54, 1.807) is 0 Å². The molecule has 25 heavy (non-hydrogen) atoms. The fraction of sp³-hybridized carbons (Fsp3) is 0.947. The summed E-state index contributed by atoms with van der Waals surface area (Å²) in [5.41, 5.74) is 0. The Morgan fingerprint density at radius 3 is 2.52 bits per heavy atom. The highest BCUT2D eigenvalue weighted by Crippen LogP contribution is 2.40. The molecule has 0 amide bonds. The molecule has 0 radical (unpaired) electrons. The monoisotopic (exact) mass is 369 g/mol. The van der Waals surface area contributed by atoms with Crippen molar-refractivity contribution in [2.75, 3.05) is 18.1 Å². The smallest absolute Gasteiger partial charge is 0.191 e. The predicted molar refractivity (Wildman–Crippen MR) is 104 cm³/mol. The van der Waals surface area contributed by atoms with Crippen LogP contribution >= 0.6 is 0 Å². The molecule has 1 aliphatic heterocycles. The highest BCUT2D eigenvalue weighted by atomic mass is 32.2. The molecule has 6 heteroatoms.